The van der Waals surface area contributed by atoms with Gasteiger partial charge in [-0.05, 0) is 24.3 Å². The van der Waals surface area contributed by atoms with Crippen molar-refractivity contribution >= 4 is 16.9 Å². The maximum absolute atomic E-state index is 14.4. The third-order valence-electron chi connectivity index (χ3n) is 4.30. The van der Waals surface area contributed by atoms with Crippen LogP contribution in [0.3, 0.4) is 0 Å². The number of halogens is 3. The quantitative estimate of drug-likeness (QED) is 0.428. The van der Waals surface area contributed by atoms with E-state index in [1.807, 2.05) is 0 Å². The van der Waals surface area contributed by atoms with Crippen LogP contribution in [0.4, 0.5) is 13.2 Å². The first-order chi connectivity index (χ1) is 13.1. The SMILES string of the molecule is Fc1ccc(-c2nc3occn3c2-c2ccc3nccnc3c2)c(F)c1F. The first kappa shape index (κ1) is 15.6. The molecule has 0 bridgehead atoms. The van der Waals surface area contributed by atoms with Gasteiger partial charge in [0, 0.05) is 29.7 Å². The van der Waals surface area contributed by atoms with Gasteiger partial charge in [0.15, 0.2) is 17.5 Å². The molecule has 0 radical (unpaired) electrons. The summed E-state index contributed by atoms with van der Waals surface area (Å²) >= 11 is 0. The van der Waals surface area contributed by atoms with Crippen molar-refractivity contribution in [3.05, 3.63) is 72.6 Å². The van der Waals surface area contributed by atoms with E-state index in [-0.39, 0.29) is 17.1 Å². The Hall–Kier alpha value is -3.68. The van der Waals surface area contributed by atoms with Crippen LogP contribution in [0.1, 0.15) is 0 Å². The van der Waals surface area contributed by atoms with Crippen LogP contribution < -0.4 is 0 Å². The standard InChI is InChI=1S/C19H9F3N4O/c20-12-3-2-11(15(21)16(12)22)17-18(26-7-8-27-19(26)25-17)10-1-4-13-14(9-10)24-6-5-23-13/h1-9H. The second-order valence-electron chi connectivity index (χ2n) is 5.85. The van der Waals surface area contributed by atoms with Crippen LogP contribution in [-0.2, 0) is 0 Å². The number of aromatic nitrogens is 4. The van der Waals surface area contributed by atoms with Gasteiger partial charge < -0.3 is 4.42 Å². The van der Waals surface area contributed by atoms with Crippen molar-refractivity contribution in [2.75, 3.05) is 0 Å². The molecule has 5 rings (SSSR count). The van der Waals surface area contributed by atoms with E-state index in [1.165, 1.54) is 6.26 Å². The van der Waals surface area contributed by atoms with Crippen LogP contribution in [0.15, 0.2) is 59.6 Å². The Morgan fingerprint density at radius 1 is 0.889 bits per heavy atom. The molecule has 0 aliphatic rings. The fourth-order valence-electron chi connectivity index (χ4n) is 3.07. The Morgan fingerprint density at radius 3 is 2.56 bits per heavy atom. The van der Waals surface area contributed by atoms with Gasteiger partial charge >= 0.3 is 5.84 Å². The molecule has 132 valence electrons. The molecule has 0 atom stereocenters. The van der Waals surface area contributed by atoms with Gasteiger partial charge in [-0.15, -0.1) is 0 Å². The zero-order valence-corrected chi connectivity index (χ0v) is 13.5. The zero-order valence-electron chi connectivity index (χ0n) is 13.5. The summed E-state index contributed by atoms with van der Waals surface area (Å²) in [7, 11) is 0. The van der Waals surface area contributed by atoms with Crippen LogP contribution in [0.25, 0.3) is 39.4 Å². The highest BCUT2D eigenvalue weighted by molar-refractivity contribution is 5.86. The molecule has 2 aromatic carbocycles. The average Bonchev–Trinajstić information content (AvgIpc) is 3.27. The summed E-state index contributed by atoms with van der Waals surface area (Å²) in [6, 6.07) is 7.32. The topological polar surface area (TPSA) is 56.2 Å². The van der Waals surface area contributed by atoms with Gasteiger partial charge in [0.1, 0.15) is 12.0 Å². The molecule has 0 amide bonds. The van der Waals surface area contributed by atoms with Gasteiger partial charge in [-0.2, -0.15) is 4.98 Å². The predicted octanol–water partition coefficient (Wildman–Crippen LogP) is 4.62. The van der Waals surface area contributed by atoms with Crippen molar-refractivity contribution in [2.45, 2.75) is 0 Å². The smallest absolute Gasteiger partial charge is 0.306 e. The third kappa shape index (κ3) is 2.30. The van der Waals surface area contributed by atoms with Gasteiger partial charge in [0.2, 0.25) is 0 Å². The van der Waals surface area contributed by atoms with E-state index in [0.717, 1.165) is 12.1 Å². The van der Waals surface area contributed by atoms with Crippen LogP contribution in [0.2, 0.25) is 0 Å². The summed E-state index contributed by atoms with van der Waals surface area (Å²) in [6.45, 7) is 0. The van der Waals surface area contributed by atoms with Gasteiger partial charge in [-0.25, -0.2) is 13.2 Å². The summed E-state index contributed by atoms with van der Waals surface area (Å²) in [6.07, 6.45) is 6.18. The van der Waals surface area contributed by atoms with Crippen LogP contribution in [-0.4, -0.2) is 19.4 Å². The molecule has 8 heteroatoms. The zero-order chi connectivity index (χ0) is 18.5. The summed E-state index contributed by atoms with van der Waals surface area (Å²) in [4.78, 5) is 12.7. The number of benzene rings is 2. The lowest BCUT2D eigenvalue weighted by Crippen LogP contribution is -1.96. The molecule has 0 fully saturated rings. The van der Waals surface area contributed by atoms with Crippen molar-refractivity contribution in [1.82, 2.24) is 19.4 Å². The Balaban J connectivity index is 1.82. The van der Waals surface area contributed by atoms with E-state index in [2.05, 4.69) is 15.0 Å². The Labute approximate surface area is 149 Å². The van der Waals surface area contributed by atoms with E-state index >= 15 is 0 Å². The Bertz CT molecular complexity index is 1330. The minimum atomic E-state index is -1.55. The van der Waals surface area contributed by atoms with E-state index in [4.69, 9.17) is 4.42 Å². The van der Waals surface area contributed by atoms with Crippen molar-refractivity contribution in [2.24, 2.45) is 0 Å². The van der Waals surface area contributed by atoms with Crippen LogP contribution >= 0.6 is 0 Å². The lowest BCUT2D eigenvalue weighted by atomic mass is 10.0. The Morgan fingerprint density at radius 2 is 1.70 bits per heavy atom. The number of oxazole rings is 1. The summed E-state index contributed by atoms with van der Waals surface area (Å²) in [5.41, 5.74) is 2.41. The van der Waals surface area contributed by atoms with E-state index in [0.29, 0.717) is 22.3 Å². The molecule has 5 aromatic rings. The number of fused-ring (bicyclic) bond motifs is 2. The fraction of sp³-hybridized carbons (Fsp3) is 0. The first-order valence-electron chi connectivity index (χ1n) is 7.94. The minimum absolute atomic E-state index is 0.133. The van der Waals surface area contributed by atoms with Crippen LogP contribution in [0, 0.1) is 17.5 Å². The molecule has 0 unspecified atom stereocenters. The number of nitrogens with zero attached hydrogens (tertiary/aromatic N) is 4. The van der Waals surface area contributed by atoms with Gasteiger partial charge in [0.25, 0.3) is 0 Å². The highest BCUT2D eigenvalue weighted by Crippen LogP contribution is 2.36. The summed E-state index contributed by atoms with van der Waals surface area (Å²) in [5.74, 6) is -3.92. The number of hydrogen-bond acceptors (Lipinski definition) is 4. The molecule has 3 heterocycles. The van der Waals surface area contributed by atoms with E-state index < -0.39 is 17.5 Å². The predicted molar refractivity (Wildman–Crippen MR) is 91.3 cm³/mol. The number of imidazole rings is 1. The Kier molecular flexibility index (Phi) is 3.27. The highest BCUT2D eigenvalue weighted by Gasteiger charge is 2.23. The molecule has 0 aliphatic heterocycles. The fourth-order valence-corrected chi connectivity index (χ4v) is 3.07. The number of hydrogen-bond donors (Lipinski definition) is 0. The maximum atomic E-state index is 14.4. The second-order valence-corrected chi connectivity index (χ2v) is 5.85. The summed E-state index contributed by atoms with van der Waals surface area (Å²) in [5, 5.41) is 0. The maximum Gasteiger partial charge on any atom is 0.306 e. The molecular formula is C19H9F3N4O. The monoisotopic (exact) mass is 366 g/mol. The number of rotatable bonds is 2. The highest BCUT2D eigenvalue weighted by atomic mass is 19.2. The lowest BCUT2D eigenvalue weighted by Gasteiger charge is -2.07. The third-order valence-corrected chi connectivity index (χ3v) is 4.30. The molecule has 0 saturated carbocycles. The molecule has 0 N–H and O–H groups in total. The normalized spacial score (nSPS) is 11.5. The molecule has 0 spiro atoms. The van der Waals surface area contributed by atoms with Gasteiger partial charge in [0.05, 0.1) is 16.7 Å². The molecule has 3 aromatic heterocycles. The van der Waals surface area contributed by atoms with E-state index in [9.17, 15) is 13.2 Å². The van der Waals surface area contributed by atoms with Crippen molar-refractivity contribution < 1.29 is 17.6 Å². The van der Waals surface area contributed by atoms with Crippen LogP contribution in [0.5, 0.6) is 0 Å². The minimum Gasteiger partial charge on any atom is -0.432 e. The molecule has 27 heavy (non-hydrogen) atoms. The van der Waals surface area contributed by atoms with Crippen molar-refractivity contribution in [3.63, 3.8) is 0 Å². The molecule has 0 aliphatic carbocycles. The first-order valence-corrected chi connectivity index (χ1v) is 7.94. The largest absolute Gasteiger partial charge is 0.432 e. The van der Waals surface area contributed by atoms with Gasteiger partial charge in [-0.1, -0.05) is 6.07 Å². The van der Waals surface area contributed by atoms with Gasteiger partial charge in [-0.3, -0.25) is 14.4 Å². The van der Waals surface area contributed by atoms with Crippen molar-refractivity contribution in [3.8, 4) is 22.5 Å². The average molecular weight is 366 g/mol. The van der Waals surface area contributed by atoms with Crippen molar-refractivity contribution in [1.29, 1.82) is 0 Å². The molecular weight excluding hydrogens is 357 g/mol. The lowest BCUT2D eigenvalue weighted by molar-refractivity contribution is 0.449. The molecule has 0 saturated heterocycles. The second kappa shape index (κ2) is 5.66. The van der Waals surface area contributed by atoms with E-state index in [1.54, 1.807) is 41.2 Å². The molecule has 5 nitrogen and oxygen atoms in total. The summed E-state index contributed by atoms with van der Waals surface area (Å²) < 4.78 is 48.4.